The van der Waals surface area contributed by atoms with E-state index in [1.165, 1.54) is 45.2 Å². The molecule has 2 heterocycles. The van der Waals surface area contributed by atoms with Crippen molar-refractivity contribution in [2.24, 2.45) is 5.73 Å². The standard InChI is InChI=1S/C12H23N3/c1-14(10-4-5-10)12(9-13)6-8-15-7-2-3-11(12)15/h10-11H,2-9,13H2,1H3. The van der Waals surface area contributed by atoms with Crippen molar-refractivity contribution in [3.63, 3.8) is 0 Å². The first kappa shape index (κ1) is 10.1. The van der Waals surface area contributed by atoms with Gasteiger partial charge in [-0.1, -0.05) is 0 Å². The number of hydrogen-bond acceptors (Lipinski definition) is 3. The van der Waals surface area contributed by atoms with Crippen LogP contribution in [0.3, 0.4) is 0 Å². The minimum absolute atomic E-state index is 0.317. The van der Waals surface area contributed by atoms with Gasteiger partial charge in [-0.3, -0.25) is 9.80 Å². The van der Waals surface area contributed by atoms with Crippen LogP contribution in [0.4, 0.5) is 0 Å². The molecule has 2 N–H and O–H groups in total. The van der Waals surface area contributed by atoms with Crippen molar-refractivity contribution in [3.05, 3.63) is 0 Å². The summed E-state index contributed by atoms with van der Waals surface area (Å²) in [5.74, 6) is 0. The van der Waals surface area contributed by atoms with Crippen LogP contribution < -0.4 is 5.73 Å². The van der Waals surface area contributed by atoms with Crippen molar-refractivity contribution in [1.82, 2.24) is 9.80 Å². The average Bonchev–Trinajstić information content (AvgIpc) is 2.88. The highest BCUT2D eigenvalue weighted by molar-refractivity contribution is 5.11. The van der Waals surface area contributed by atoms with E-state index in [2.05, 4.69) is 16.8 Å². The van der Waals surface area contributed by atoms with Gasteiger partial charge < -0.3 is 5.73 Å². The lowest BCUT2D eigenvalue weighted by Crippen LogP contribution is -2.59. The predicted molar refractivity (Wildman–Crippen MR) is 61.8 cm³/mol. The molecular formula is C12H23N3. The maximum atomic E-state index is 6.12. The largest absolute Gasteiger partial charge is 0.329 e. The molecule has 0 amide bonds. The third kappa shape index (κ3) is 1.37. The van der Waals surface area contributed by atoms with Crippen LogP contribution in [0.15, 0.2) is 0 Å². The molecule has 0 aromatic carbocycles. The van der Waals surface area contributed by atoms with Gasteiger partial charge in [-0.15, -0.1) is 0 Å². The lowest BCUT2D eigenvalue weighted by molar-refractivity contribution is 0.0836. The van der Waals surface area contributed by atoms with Gasteiger partial charge in [-0.2, -0.15) is 0 Å². The molecule has 3 fully saturated rings. The summed E-state index contributed by atoms with van der Waals surface area (Å²) >= 11 is 0. The number of nitrogens with two attached hydrogens (primary N) is 1. The molecule has 1 saturated carbocycles. The third-order valence-corrected chi connectivity index (χ3v) is 4.97. The normalized spacial score (nSPS) is 41.4. The molecule has 2 saturated heterocycles. The van der Waals surface area contributed by atoms with Gasteiger partial charge in [-0.05, 0) is 45.7 Å². The first-order valence-corrected chi connectivity index (χ1v) is 6.45. The molecule has 3 heteroatoms. The first-order valence-electron chi connectivity index (χ1n) is 6.45. The van der Waals surface area contributed by atoms with Gasteiger partial charge in [0.25, 0.3) is 0 Å². The Morgan fingerprint density at radius 3 is 2.80 bits per heavy atom. The molecule has 3 rings (SSSR count). The molecule has 86 valence electrons. The SMILES string of the molecule is CN(C1CC1)C1(CN)CCN2CCCC21. The molecule has 0 spiro atoms. The summed E-state index contributed by atoms with van der Waals surface area (Å²) in [6.07, 6.45) is 6.83. The van der Waals surface area contributed by atoms with E-state index < -0.39 is 0 Å². The highest BCUT2D eigenvalue weighted by Crippen LogP contribution is 2.43. The second-order valence-electron chi connectivity index (χ2n) is 5.59. The Kier molecular flexibility index (Phi) is 2.31. The molecule has 2 atom stereocenters. The number of rotatable bonds is 3. The van der Waals surface area contributed by atoms with E-state index in [4.69, 9.17) is 5.73 Å². The molecule has 2 aliphatic heterocycles. The van der Waals surface area contributed by atoms with Crippen molar-refractivity contribution in [3.8, 4) is 0 Å². The van der Waals surface area contributed by atoms with Crippen LogP contribution >= 0.6 is 0 Å². The van der Waals surface area contributed by atoms with Crippen molar-refractivity contribution in [2.75, 3.05) is 26.7 Å². The van der Waals surface area contributed by atoms with E-state index >= 15 is 0 Å². The van der Waals surface area contributed by atoms with Crippen molar-refractivity contribution >= 4 is 0 Å². The fourth-order valence-corrected chi connectivity index (χ4v) is 3.83. The molecule has 2 unspecified atom stereocenters. The smallest absolute Gasteiger partial charge is 0.0498 e. The Hall–Kier alpha value is -0.120. The lowest BCUT2D eigenvalue weighted by atomic mass is 9.87. The summed E-state index contributed by atoms with van der Waals surface area (Å²) in [7, 11) is 2.31. The molecule has 3 nitrogen and oxygen atoms in total. The van der Waals surface area contributed by atoms with E-state index in [9.17, 15) is 0 Å². The number of likely N-dealkylation sites (N-methyl/N-ethyl adjacent to an activating group) is 1. The van der Waals surface area contributed by atoms with E-state index in [1.807, 2.05) is 0 Å². The van der Waals surface area contributed by atoms with Crippen LogP contribution in [0.5, 0.6) is 0 Å². The maximum Gasteiger partial charge on any atom is 0.0498 e. The molecule has 3 aliphatic rings. The van der Waals surface area contributed by atoms with Crippen LogP contribution in [-0.4, -0.2) is 54.1 Å². The summed E-state index contributed by atoms with van der Waals surface area (Å²) in [6.45, 7) is 3.44. The Bertz CT molecular complexity index is 251. The molecule has 15 heavy (non-hydrogen) atoms. The molecule has 0 aromatic rings. The van der Waals surface area contributed by atoms with Gasteiger partial charge in [0.2, 0.25) is 0 Å². The summed E-state index contributed by atoms with van der Waals surface area (Å²) in [5, 5.41) is 0. The summed E-state index contributed by atoms with van der Waals surface area (Å²) in [5.41, 5.74) is 6.44. The summed E-state index contributed by atoms with van der Waals surface area (Å²) in [4.78, 5) is 5.30. The zero-order chi connectivity index (χ0) is 10.5. The van der Waals surface area contributed by atoms with Crippen molar-refractivity contribution < 1.29 is 0 Å². The molecule has 0 aromatic heterocycles. The van der Waals surface area contributed by atoms with Crippen LogP contribution in [0.1, 0.15) is 32.1 Å². The average molecular weight is 209 g/mol. The molecule has 1 aliphatic carbocycles. The van der Waals surface area contributed by atoms with Crippen LogP contribution in [-0.2, 0) is 0 Å². The van der Waals surface area contributed by atoms with Gasteiger partial charge in [0, 0.05) is 30.7 Å². The second-order valence-corrected chi connectivity index (χ2v) is 5.59. The van der Waals surface area contributed by atoms with Gasteiger partial charge in [0.05, 0.1) is 0 Å². The van der Waals surface area contributed by atoms with Gasteiger partial charge in [0.15, 0.2) is 0 Å². The Balaban J connectivity index is 1.84. The van der Waals surface area contributed by atoms with Crippen molar-refractivity contribution in [1.29, 1.82) is 0 Å². The van der Waals surface area contributed by atoms with E-state index in [-0.39, 0.29) is 0 Å². The first-order chi connectivity index (χ1) is 7.28. The van der Waals surface area contributed by atoms with Crippen molar-refractivity contribution in [2.45, 2.75) is 49.7 Å². The maximum absolute atomic E-state index is 6.12. The third-order valence-electron chi connectivity index (χ3n) is 4.97. The molecular weight excluding hydrogens is 186 g/mol. The topological polar surface area (TPSA) is 32.5 Å². The number of fused-ring (bicyclic) bond motifs is 1. The highest BCUT2D eigenvalue weighted by Gasteiger charge is 2.53. The number of nitrogens with zero attached hydrogens (tertiary/aromatic N) is 2. The van der Waals surface area contributed by atoms with Crippen LogP contribution in [0, 0.1) is 0 Å². The van der Waals surface area contributed by atoms with Gasteiger partial charge in [-0.25, -0.2) is 0 Å². The van der Waals surface area contributed by atoms with Crippen LogP contribution in [0.2, 0.25) is 0 Å². The zero-order valence-electron chi connectivity index (χ0n) is 9.78. The minimum atomic E-state index is 0.317. The second kappa shape index (κ2) is 3.44. The van der Waals surface area contributed by atoms with Gasteiger partial charge >= 0.3 is 0 Å². The number of hydrogen-bond donors (Lipinski definition) is 1. The van der Waals surface area contributed by atoms with E-state index in [0.29, 0.717) is 5.54 Å². The zero-order valence-corrected chi connectivity index (χ0v) is 9.78. The Morgan fingerprint density at radius 2 is 2.13 bits per heavy atom. The van der Waals surface area contributed by atoms with E-state index in [1.54, 1.807) is 0 Å². The fraction of sp³-hybridized carbons (Fsp3) is 1.00. The molecule has 0 bridgehead atoms. The quantitative estimate of drug-likeness (QED) is 0.740. The highest BCUT2D eigenvalue weighted by atomic mass is 15.3. The Labute approximate surface area is 92.6 Å². The molecule has 0 radical (unpaired) electrons. The minimum Gasteiger partial charge on any atom is -0.329 e. The lowest BCUT2D eigenvalue weighted by Gasteiger charge is -2.42. The predicted octanol–water partition coefficient (Wildman–Crippen LogP) is 0.646. The fourth-order valence-electron chi connectivity index (χ4n) is 3.83. The summed E-state index contributed by atoms with van der Waals surface area (Å²) < 4.78 is 0. The summed E-state index contributed by atoms with van der Waals surface area (Å²) in [6, 6.07) is 1.60. The van der Waals surface area contributed by atoms with Gasteiger partial charge in [0.1, 0.15) is 0 Å². The van der Waals surface area contributed by atoms with Crippen LogP contribution in [0.25, 0.3) is 0 Å². The Morgan fingerprint density at radius 1 is 1.33 bits per heavy atom. The van der Waals surface area contributed by atoms with E-state index in [0.717, 1.165) is 18.6 Å². The monoisotopic (exact) mass is 209 g/mol.